The van der Waals surface area contributed by atoms with E-state index in [1.54, 1.807) is 0 Å². The molecule has 1 saturated carbocycles. The summed E-state index contributed by atoms with van der Waals surface area (Å²) < 4.78 is 23.4. The van der Waals surface area contributed by atoms with E-state index < -0.39 is 9.84 Å². The molecule has 0 aromatic carbocycles. The van der Waals surface area contributed by atoms with Gasteiger partial charge in [-0.25, -0.2) is 8.42 Å². The van der Waals surface area contributed by atoms with Gasteiger partial charge in [-0.3, -0.25) is 9.79 Å². The summed E-state index contributed by atoms with van der Waals surface area (Å²) in [5.41, 5.74) is 0. The molecule has 1 amide bonds. The third-order valence-corrected chi connectivity index (χ3v) is 7.80. The van der Waals surface area contributed by atoms with Gasteiger partial charge in [0.1, 0.15) is 0 Å². The number of carbonyl (C=O) groups is 1. The molecule has 1 aliphatic carbocycles. The molecule has 0 aromatic heterocycles. The first-order chi connectivity index (χ1) is 12.9. The van der Waals surface area contributed by atoms with E-state index in [0.717, 1.165) is 38.3 Å². The molecule has 2 saturated heterocycles. The first-order valence-electron chi connectivity index (χ1n) is 10.5. The number of guanidine groups is 1. The van der Waals surface area contributed by atoms with Gasteiger partial charge >= 0.3 is 0 Å². The average molecular weight is 526 g/mol. The number of rotatable bonds is 5. The number of nitrogens with zero attached hydrogens (tertiary/aromatic N) is 2. The predicted octanol–water partition coefficient (Wildman–Crippen LogP) is 1.92. The molecule has 3 rings (SSSR count). The highest BCUT2D eigenvalue weighted by Gasteiger charge is 2.29. The average Bonchev–Trinajstić information content (AvgIpc) is 3.26. The Morgan fingerprint density at radius 1 is 1.07 bits per heavy atom. The number of aliphatic imine (C=N–C) groups is 1. The van der Waals surface area contributed by atoms with Crippen LogP contribution in [0.3, 0.4) is 0 Å². The van der Waals surface area contributed by atoms with Crippen LogP contribution in [0.15, 0.2) is 4.99 Å². The highest BCUT2D eigenvalue weighted by Crippen LogP contribution is 2.20. The molecule has 2 unspecified atom stereocenters. The van der Waals surface area contributed by atoms with Crippen molar-refractivity contribution >= 4 is 45.7 Å². The van der Waals surface area contributed by atoms with Crippen LogP contribution in [0.25, 0.3) is 0 Å². The molecule has 2 atom stereocenters. The number of carbonyl (C=O) groups excluding carboxylic acids is 1. The van der Waals surface area contributed by atoms with Crippen molar-refractivity contribution in [3.8, 4) is 0 Å². The highest BCUT2D eigenvalue weighted by atomic mass is 127. The summed E-state index contributed by atoms with van der Waals surface area (Å²) in [6.45, 7) is 3.96. The molecule has 0 radical (unpaired) electrons. The number of halogens is 1. The number of hydrogen-bond donors (Lipinski definition) is 2. The minimum absolute atomic E-state index is 0. The normalized spacial score (nSPS) is 28.0. The Morgan fingerprint density at radius 3 is 2.43 bits per heavy atom. The van der Waals surface area contributed by atoms with Crippen molar-refractivity contribution in [1.29, 1.82) is 0 Å². The lowest BCUT2D eigenvalue weighted by Gasteiger charge is -2.27. The van der Waals surface area contributed by atoms with Gasteiger partial charge in [0.25, 0.3) is 0 Å². The maximum Gasteiger partial charge on any atom is 0.222 e. The molecule has 0 aromatic rings. The van der Waals surface area contributed by atoms with Crippen LogP contribution in [0.4, 0.5) is 0 Å². The zero-order valence-corrected chi connectivity index (χ0v) is 20.0. The minimum atomic E-state index is -2.87. The Morgan fingerprint density at radius 2 is 1.79 bits per heavy atom. The SMILES string of the molecule is CCC(=O)N1CCC(NC(=NCC2CCS(=O)(=O)C2)NC2CCCCC2)C1.I. The van der Waals surface area contributed by atoms with Gasteiger partial charge in [-0.15, -0.1) is 24.0 Å². The van der Waals surface area contributed by atoms with Crippen molar-refractivity contribution in [2.24, 2.45) is 10.9 Å². The van der Waals surface area contributed by atoms with Crippen molar-refractivity contribution in [2.45, 2.75) is 70.4 Å². The first kappa shape index (κ1) is 23.7. The Labute approximate surface area is 186 Å². The lowest BCUT2D eigenvalue weighted by atomic mass is 9.96. The van der Waals surface area contributed by atoms with Gasteiger partial charge in [-0.05, 0) is 31.6 Å². The predicted molar refractivity (Wildman–Crippen MR) is 123 cm³/mol. The van der Waals surface area contributed by atoms with Gasteiger partial charge in [0.05, 0.1) is 11.5 Å². The van der Waals surface area contributed by atoms with Crippen LogP contribution in [-0.2, 0) is 14.6 Å². The summed E-state index contributed by atoms with van der Waals surface area (Å²) >= 11 is 0. The minimum Gasteiger partial charge on any atom is -0.354 e. The van der Waals surface area contributed by atoms with Crippen LogP contribution in [-0.4, -0.2) is 68.4 Å². The smallest absolute Gasteiger partial charge is 0.222 e. The lowest BCUT2D eigenvalue weighted by molar-refractivity contribution is -0.129. The Balaban J connectivity index is 0.00000280. The second-order valence-corrected chi connectivity index (χ2v) is 10.5. The fourth-order valence-corrected chi connectivity index (χ4v) is 6.18. The molecule has 7 nitrogen and oxygen atoms in total. The number of nitrogens with one attached hydrogen (secondary N) is 2. The van der Waals surface area contributed by atoms with Gasteiger partial charge in [0.2, 0.25) is 5.91 Å². The maximum atomic E-state index is 11.9. The second kappa shape index (κ2) is 11.0. The molecule has 0 bridgehead atoms. The molecule has 28 heavy (non-hydrogen) atoms. The van der Waals surface area contributed by atoms with E-state index >= 15 is 0 Å². The van der Waals surface area contributed by atoms with E-state index in [1.807, 2.05) is 11.8 Å². The molecule has 3 fully saturated rings. The van der Waals surface area contributed by atoms with Crippen molar-refractivity contribution in [3.05, 3.63) is 0 Å². The third kappa shape index (κ3) is 7.03. The highest BCUT2D eigenvalue weighted by molar-refractivity contribution is 14.0. The van der Waals surface area contributed by atoms with Gasteiger partial charge in [0.15, 0.2) is 15.8 Å². The standard InChI is InChI=1S/C19H34N4O3S.HI/c1-2-18(24)23-10-8-17(13-23)22-19(21-16-6-4-3-5-7-16)20-12-15-9-11-27(25,26)14-15;/h15-17H,2-14H2,1H3,(H2,20,21,22);1H. The monoisotopic (exact) mass is 526 g/mol. The van der Waals surface area contributed by atoms with Crippen molar-refractivity contribution in [1.82, 2.24) is 15.5 Å². The first-order valence-corrected chi connectivity index (χ1v) is 12.3. The molecular weight excluding hydrogens is 491 g/mol. The van der Waals surface area contributed by atoms with E-state index in [2.05, 4.69) is 10.6 Å². The summed E-state index contributed by atoms with van der Waals surface area (Å²) in [6, 6.07) is 0.648. The van der Waals surface area contributed by atoms with Crippen LogP contribution < -0.4 is 10.6 Å². The Bertz CT molecular complexity index is 650. The van der Waals surface area contributed by atoms with Gasteiger partial charge in [0, 0.05) is 38.1 Å². The quantitative estimate of drug-likeness (QED) is 0.325. The lowest BCUT2D eigenvalue weighted by Crippen LogP contribution is -2.49. The van der Waals surface area contributed by atoms with Crippen LogP contribution in [0.2, 0.25) is 0 Å². The second-order valence-electron chi connectivity index (χ2n) is 8.26. The zero-order chi connectivity index (χ0) is 19.3. The summed E-state index contributed by atoms with van der Waals surface area (Å²) in [5.74, 6) is 1.68. The summed E-state index contributed by atoms with van der Waals surface area (Å²) in [6.07, 6.45) is 8.29. The van der Waals surface area contributed by atoms with E-state index in [-0.39, 0.29) is 47.6 Å². The zero-order valence-electron chi connectivity index (χ0n) is 16.9. The van der Waals surface area contributed by atoms with Crippen molar-refractivity contribution < 1.29 is 13.2 Å². The molecule has 162 valence electrons. The van der Waals surface area contributed by atoms with Gasteiger partial charge in [-0.2, -0.15) is 0 Å². The number of hydrogen-bond acceptors (Lipinski definition) is 4. The summed E-state index contributed by atoms with van der Waals surface area (Å²) in [4.78, 5) is 18.6. The fourth-order valence-electron chi connectivity index (χ4n) is 4.33. The van der Waals surface area contributed by atoms with Crippen molar-refractivity contribution in [2.75, 3.05) is 31.1 Å². The topological polar surface area (TPSA) is 90.9 Å². The Kier molecular flexibility index (Phi) is 9.30. The summed E-state index contributed by atoms with van der Waals surface area (Å²) in [5, 5.41) is 7.08. The molecule has 9 heteroatoms. The number of amides is 1. The van der Waals surface area contributed by atoms with E-state index in [4.69, 9.17) is 4.99 Å². The fraction of sp³-hybridized carbons (Fsp3) is 0.895. The molecule has 2 N–H and O–H groups in total. The molecule has 2 aliphatic heterocycles. The van der Waals surface area contributed by atoms with Crippen LogP contribution in [0.5, 0.6) is 0 Å². The number of sulfone groups is 1. The third-order valence-electron chi connectivity index (χ3n) is 5.96. The van der Waals surface area contributed by atoms with Crippen LogP contribution in [0, 0.1) is 5.92 Å². The number of likely N-dealkylation sites (tertiary alicyclic amines) is 1. The Hall–Kier alpha value is -0.580. The molecule has 2 heterocycles. The van der Waals surface area contributed by atoms with Gasteiger partial charge in [-0.1, -0.05) is 26.2 Å². The molecule has 3 aliphatic rings. The molecule has 0 spiro atoms. The van der Waals surface area contributed by atoms with Crippen LogP contribution >= 0.6 is 24.0 Å². The van der Waals surface area contributed by atoms with Gasteiger partial charge < -0.3 is 15.5 Å². The van der Waals surface area contributed by atoms with E-state index in [0.29, 0.717) is 31.2 Å². The summed E-state index contributed by atoms with van der Waals surface area (Å²) in [7, 11) is -2.87. The van der Waals surface area contributed by atoms with Crippen LogP contribution in [0.1, 0.15) is 58.3 Å². The largest absolute Gasteiger partial charge is 0.354 e. The van der Waals surface area contributed by atoms with E-state index in [1.165, 1.54) is 19.3 Å². The van der Waals surface area contributed by atoms with E-state index in [9.17, 15) is 13.2 Å². The maximum absolute atomic E-state index is 11.9. The van der Waals surface area contributed by atoms with Crippen molar-refractivity contribution in [3.63, 3.8) is 0 Å². The molecular formula is C19H35IN4O3S.